The van der Waals surface area contributed by atoms with E-state index in [-0.39, 0.29) is 11.4 Å². The predicted octanol–water partition coefficient (Wildman–Crippen LogP) is 1.08. The van der Waals surface area contributed by atoms with Gasteiger partial charge in [0.15, 0.2) is 5.84 Å². The van der Waals surface area contributed by atoms with Gasteiger partial charge in [-0.3, -0.25) is 4.79 Å². The lowest BCUT2D eigenvalue weighted by Gasteiger charge is -2.24. The van der Waals surface area contributed by atoms with Gasteiger partial charge in [0.2, 0.25) is 0 Å². The molecule has 6 heteroatoms. The van der Waals surface area contributed by atoms with Crippen LogP contribution in [0.25, 0.3) is 0 Å². The fraction of sp³-hybridized carbons (Fsp3) is 0.273. The number of oxime groups is 1. The maximum atomic E-state index is 12.9. The molecular formula is C11H14FN3O2. The molecule has 0 bridgehead atoms. The summed E-state index contributed by atoms with van der Waals surface area (Å²) in [6, 6.07) is 5.25. The highest BCUT2D eigenvalue weighted by Crippen LogP contribution is 2.07. The zero-order valence-corrected chi connectivity index (χ0v) is 9.57. The lowest BCUT2D eigenvalue weighted by atomic mass is 10.0. The van der Waals surface area contributed by atoms with Gasteiger partial charge in [-0.2, -0.15) is 0 Å². The van der Waals surface area contributed by atoms with Crippen LogP contribution >= 0.6 is 0 Å². The van der Waals surface area contributed by atoms with Crippen molar-refractivity contribution < 1.29 is 14.4 Å². The first-order valence-corrected chi connectivity index (χ1v) is 4.93. The van der Waals surface area contributed by atoms with Crippen LogP contribution in [0.15, 0.2) is 29.4 Å². The van der Waals surface area contributed by atoms with E-state index in [0.29, 0.717) is 0 Å². The molecule has 92 valence electrons. The predicted molar refractivity (Wildman–Crippen MR) is 61.4 cm³/mol. The Hall–Kier alpha value is -2.11. The van der Waals surface area contributed by atoms with Crippen molar-refractivity contribution in [1.82, 2.24) is 5.32 Å². The smallest absolute Gasteiger partial charge is 0.252 e. The van der Waals surface area contributed by atoms with Crippen LogP contribution in [0.5, 0.6) is 0 Å². The van der Waals surface area contributed by atoms with Crippen LogP contribution in [0.1, 0.15) is 24.2 Å². The highest BCUT2D eigenvalue weighted by Gasteiger charge is 2.26. The Kier molecular flexibility index (Phi) is 3.67. The number of amidine groups is 1. The van der Waals surface area contributed by atoms with Crippen LogP contribution in [-0.4, -0.2) is 22.5 Å². The highest BCUT2D eigenvalue weighted by molar-refractivity contribution is 5.99. The molecule has 0 saturated carbocycles. The molecule has 1 aromatic carbocycles. The van der Waals surface area contributed by atoms with Crippen molar-refractivity contribution in [3.8, 4) is 0 Å². The monoisotopic (exact) mass is 239 g/mol. The quantitative estimate of drug-likeness (QED) is 0.319. The second-order valence-electron chi connectivity index (χ2n) is 4.07. The Labute approximate surface area is 98.1 Å². The van der Waals surface area contributed by atoms with Crippen molar-refractivity contribution in [3.63, 3.8) is 0 Å². The molecule has 0 aliphatic carbocycles. The van der Waals surface area contributed by atoms with Gasteiger partial charge in [-0.15, -0.1) is 0 Å². The topological polar surface area (TPSA) is 87.7 Å². The molecule has 0 atom stereocenters. The lowest BCUT2D eigenvalue weighted by molar-refractivity contribution is 0.0930. The maximum Gasteiger partial charge on any atom is 0.252 e. The zero-order valence-electron chi connectivity index (χ0n) is 9.57. The van der Waals surface area contributed by atoms with Gasteiger partial charge in [-0.25, -0.2) is 4.39 Å². The van der Waals surface area contributed by atoms with E-state index in [4.69, 9.17) is 10.9 Å². The number of rotatable bonds is 3. The zero-order chi connectivity index (χ0) is 13.1. The summed E-state index contributed by atoms with van der Waals surface area (Å²) in [5.74, 6) is -1.14. The van der Waals surface area contributed by atoms with E-state index >= 15 is 0 Å². The molecule has 0 aliphatic rings. The minimum absolute atomic E-state index is 0.137. The highest BCUT2D eigenvalue weighted by atomic mass is 19.1. The number of nitrogens with zero attached hydrogens (tertiary/aromatic N) is 1. The number of benzene rings is 1. The minimum Gasteiger partial charge on any atom is -0.409 e. The summed E-state index contributed by atoms with van der Waals surface area (Å²) < 4.78 is 12.9. The molecular weight excluding hydrogens is 225 g/mol. The number of nitrogens with one attached hydrogen (secondary N) is 1. The van der Waals surface area contributed by atoms with Gasteiger partial charge in [0.1, 0.15) is 5.82 Å². The van der Waals surface area contributed by atoms with Crippen LogP contribution in [0.4, 0.5) is 4.39 Å². The molecule has 0 heterocycles. The Morgan fingerprint density at radius 2 is 2.18 bits per heavy atom. The average molecular weight is 239 g/mol. The Bertz CT molecular complexity index is 458. The second-order valence-corrected chi connectivity index (χ2v) is 4.07. The Morgan fingerprint density at radius 3 is 2.71 bits per heavy atom. The van der Waals surface area contributed by atoms with Crippen LogP contribution in [0.2, 0.25) is 0 Å². The van der Waals surface area contributed by atoms with E-state index < -0.39 is 17.3 Å². The molecule has 0 fully saturated rings. The molecule has 0 aliphatic heterocycles. The van der Waals surface area contributed by atoms with Crippen molar-refractivity contribution in [1.29, 1.82) is 0 Å². The van der Waals surface area contributed by atoms with Crippen LogP contribution < -0.4 is 11.1 Å². The van der Waals surface area contributed by atoms with Crippen molar-refractivity contribution >= 4 is 11.7 Å². The summed E-state index contributed by atoms with van der Waals surface area (Å²) in [5, 5.41) is 13.9. The number of nitrogens with two attached hydrogens (primary N) is 1. The van der Waals surface area contributed by atoms with Gasteiger partial charge in [0, 0.05) is 5.56 Å². The van der Waals surface area contributed by atoms with Crippen molar-refractivity contribution in [2.75, 3.05) is 0 Å². The molecule has 1 rings (SSSR count). The maximum absolute atomic E-state index is 12.9. The molecule has 0 spiro atoms. The number of halogens is 1. The average Bonchev–Trinajstić information content (AvgIpc) is 2.27. The molecule has 17 heavy (non-hydrogen) atoms. The lowest BCUT2D eigenvalue weighted by Crippen LogP contribution is -2.53. The molecule has 0 radical (unpaired) electrons. The van der Waals surface area contributed by atoms with Crippen molar-refractivity contribution in [2.45, 2.75) is 19.4 Å². The molecule has 0 aromatic heterocycles. The van der Waals surface area contributed by atoms with E-state index in [1.54, 1.807) is 13.8 Å². The molecule has 0 saturated heterocycles. The van der Waals surface area contributed by atoms with E-state index in [9.17, 15) is 9.18 Å². The summed E-state index contributed by atoms with van der Waals surface area (Å²) in [6.07, 6.45) is 0. The van der Waals surface area contributed by atoms with Gasteiger partial charge < -0.3 is 16.3 Å². The molecule has 1 amide bonds. The number of amides is 1. The number of carbonyl (C=O) groups excluding carboxylic acids is 1. The second kappa shape index (κ2) is 4.82. The summed E-state index contributed by atoms with van der Waals surface area (Å²) in [5.41, 5.74) is 4.57. The fourth-order valence-corrected chi connectivity index (χ4v) is 1.17. The van der Waals surface area contributed by atoms with Crippen LogP contribution in [-0.2, 0) is 0 Å². The van der Waals surface area contributed by atoms with Gasteiger partial charge in [-0.1, -0.05) is 11.2 Å². The van der Waals surface area contributed by atoms with Crippen molar-refractivity contribution in [3.05, 3.63) is 35.6 Å². The number of hydrogen-bond donors (Lipinski definition) is 3. The SMILES string of the molecule is CC(C)(NC(=O)c1cccc(F)c1)/C(N)=N/O. The van der Waals surface area contributed by atoms with Crippen LogP contribution in [0, 0.1) is 5.82 Å². The standard InChI is InChI=1S/C11H14FN3O2/c1-11(2,10(13)15-17)14-9(16)7-4-3-5-8(12)6-7/h3-6,17H,1-2H3,(H2,13,15)(H,14,16). The molecule has 4 N–H and O–H groups in total. The fourth-order valence-electron chi connectivity index (χ4n) is 1.17. The Balaban J connectivity index is 2.87. The van der Waals surface area contributed by atoms with E-state index in [1.807, 2.05) is 0 Å². The first-order valence-electron chi connectivity index (χ1n) is 4.93. The number of hydrogen-bond acceptors (Lipinski definition) is 3. The van der Waals surface area contributed by atoms with Crippen molar-refractivity contribution in [2.24, 2.45) is 10.9 Å². The third kappa shape index (κ3) is 3.17. The normalized spacial score (nSPS) is 12.3. The summed E-state index contributed by atoms with van der Waals surface area (Å²) >= 11 is 0. The van der Waals surface area contributed by atoms with Gasteiger partial charge in [0.25, 0.3) is 5.91 Å². The van der Waals surface area contributed by atoms with Gasteiger partial charge in [-0.05, 0) is 32.0 Å². The third-order valence-electron chi connectivity index (χ3n) is 2.26. The molecule has 5 nitrogen and oxygen atoms in total. The van der Waals surface area contributed by atoms with E-state index in [0.717, 1.165) is 6.07 Å². The van der Waals surface area contributed by atoms with Gasteiger partial charge >= 0.3 is 0 Å². The van der Waals surface area contributed by atoms with E-state index in [1.165, 1.54) is 18.2 Å². The summed E-state index contributed by atoms with van der Waals surface area (Å²) in [4.78, 5) is 11.8. The first-order chi connectivity index (χ1) is 7.86. The molecule has 1 aromatic rings. The first kappa shape index (κ1) is 13.0. The Morgan fingerprint density at radius 1 is 1.53 bits per heavy atom. The largest absolute Gasteiger partial charge is 0.409 e. The number of carbonyl (C=O) groups is 1. The third-order valence-corrected chi connectivity index (χ3v) is 2.26. The summed E-state index contributed by atoms with van der Waals surface area (Å²) in [7, 11) is 0. The van der Waals surface area contributed by atoms with Crippen LogP contribution in [0.3, 0.4) is 0 Å². The minimum atomic E-state index is -1.02. The van der Waals surface area contributed by atoms with E-state index in [2.05, 4.69) is 10.5 Å². The summed E-state index contributed by atoms with van der Waals surface area (Å²) in [6.45, 7) is 3.14. The van der Waals surface area contributed by atoms with Gasteiger partial charge in [0.05, 0.1) is 5.54 Å². The molecule has 0 unspecified atom stereocenters.